The van der Waals surface area contributed by atoms with Crippen molar-refractivity contribution in [2.24, 2.45) is 5.92 Å². The van der Waals surface area contributed by atoms with E-state index in [1.54, 1.807) is 19.1 Å². The largest absolute Gasteiger partial charge is 0.508 e. The second-order valence-corrected chi connectivity index (χ2v) is 10.0. The molecule has 0 fully saturated rings. The molecule has 0 aliphatic carbocycles. The van der Waals surface area contributed by atoms with Crippen LogP contribution in [0.15, 0.2) is 24.3 Å². The van der Waals surface area contributed by atoms with E-state index in [4.69, 9.17) is 9.94 Å². The van der Waals surface area contributed by atoms with Crippen LogP contribution >= 0.6 is 7.60 Å². The number of nitrogens with zero attached hydrogens (tertiary/aromatic N) is 1. The number of hydrogen-bond acceptors (Lipinski definition) is 8. The summed E-state index contributed by atoms with van der Waals surface area (Å²) < 4.78 is 11.7. The first-order valence-electron chi connectivity index (χ1n) is 10.8. The van der Waals surface area contributed by atoms with Gasteiger partial charge in [-0.1, -0.05) is 32.9 Å². The minimum Gasteiger partial charge on any atom is -0.508 e. The number of aliphatic hydroxyl groups excluding tert-OH is 1. The summed E-state index contributed by atoms with van der Waals surface area (Å²) >= 11 is 0. The van der Waals surface area contributed by atoms with Gasteiger partial charge in [0.1, 0.15) is 23.6 Å². The van der Waals surface area contributed by atoms with E-state index in [0.717, 1.165) is 5.06 Å². The van der Waals surface area contributed by atoms with Gasteiger partial charge in [-0.2, -0.15) is 0 Å². The molecule has 1 rings (SSSR count). The molecular weight excluding hydrogens is 453 g/mol. The van der Waals surface area contributed by atoms with Crippen LogP contribution in [-0.4, -0.2) is 75.0 Å². The summed E-state index contributed by atoms with van der Waals surface area (Å²) in [4.78, 5) is 50.1. The van der Waals surface area contributed by atoms with E-state index < -0.39 is 37.3 Å². The molecule has 11 nitrogen and oxygen atoms in total. The zero-order valence-electron chi connectivity index (χ0n) is 19.5. The molecule has 1 aromatic carbocycles. The highest BCUT2D eigenvalue weighted by Crippen LogP contribution is 2.41. The van der Waals surface area contributed by atoms with Crippen molar-refractivity contribution >= 4 is 19.5 Å². The van der Waals surface area contributed by atoms with Crippen molar-refractivity contribution in [3.63, 3.8) is 0 Å². The van der Waals surface area contributed by atoms with Crippen molar-refractivity contribution < 1.29 is 39.0 Å². The Bertz CT molecular complexity index is 799. The molecule has 0 spiro atoms. The predicted molar refractivity (Wildman–Crippen MR) is 122 cm³/mol. The Hall–Kier alpha value is -2.01. The lowest BCUT2D eigenvalue weighted by molar-refractivity contribution is -0.198. The number of phenols is 1. The summed E-state index contributed by atoms with van der Waals surface area (Å²) in [5.41, 5.74) is 0.698. The fraction of sp³-hybridized carbons (Fsp3) is 0.619. The van der Waals surface area contributed by atoms with Gasteiger partial charge in [-0.05, 0) is 36.5 Å². The van der Waals surface area contributed by atoms with E-state index in [2.05, 4.69) is 10.6 Å². The lowest BCUT2D eigenvalue weighted by Crippen LogP contribution is -2.51. The van der Waals surface area contributed by atoms with Crippen LogP contribution in [0, 0.1) is 5.92 Å². The molecule has 0 unspecified atom stereocenters. The monoisotopic (exact) mass is 489 g/mol. The molecule has 0 saturated carbocycles. The number of carbonyl (C=O) groups excluding carboxylic acids is 2. The number of rotatable bonds is 14. The predicted octanol–water partition coefficient (Wildman–Crippen LogP) is 0.720. The summed E-state index contributed by atoms with van der Waals surface area (Å²) in [6.07, 6.45) is 0.515. The normalized spacial score (nSPS) is 14.7. The molecule has 3 atom stereocenters. The standard InChI is InChI=1S/C21H36N3O8P/c1-5-19(33(29,30)31)23-17(12-14(2)3)21(28)32-24(4)18(20(27)22-10-11-25)13-15-6-8-16(26)9-7-15/h6-9,14,17-19,23,25-26H,5,10-13H2,1-4H3,(H,22,27)(H2,29,30,31)/t17-,18-,19+/m0/s1. The van der Waals surface area contributed by atoms with Crippen LogP contribution in [0.25, 0.3) is 0 Å². The quantitative estimate of drug-likeness (QED) is 0.162. The molecular formula is C21H36N3O8P. The Morgan fingerprint density at radius 2 is 1.79 bits per heavy atom. The number of nitrogens with one attached hydrogen (secondary N) is 2. The van der Waals surface area contributed by atoms with Gasteiger partial charge in [-0.3, -0.25) is 14.7 Å². The van der Waals surface area contributed by atoms with Gasteiger partial charge >= 0.3 is 13.6 Å². The SMILES string of the molecule is CC[C@H](N[C@@H](CC(C)C)C(=O)ON(C)[C@@H](Cc1ccc(O)cc1)C(=O)NCCO)P(=O)(O)O. The topological polar surface area (TPSA) is 169 Å². The molecule has 12 heteroatoms. The first-order chi connectivity index (χ1) is 15.4. The Morgan fingerprint density at radius 3 is 2.27 bits per heavy atom. The average molecular weight is 490 g/mol. The first-order valence-corrected chi connectivity index (χ1v) is 12.5. The molecule has 0 saturated heterocycles. The number of benzene rings is 1. The van der Waals surface area contributed by atoms with Crippen LogP contribution in [0.4, 0.5) is 0 Å². The van der Waals surface area contributed by atoms with Gasteiger partial charge in [0.25, 0.3) is 0 Å². The lowest BCUT2D eigenvalue weighted by atomic mass is 10.0. The van der Waals surface area contributed by atoms with Crippen molar-refractivity contribution in [3.05, 3.63) is 29.8 Å². The Morgan fingerprint density at radius 1 is 1.18 bits per heavy atom. The van der Waals surface area contributed by atoms with Crippen molar-refractivity contribution in [1.29, 1.82) is 0 Å². The fourth-order valence-corrected chi connectivity index (χ4v) is 4.05. The van der Waals surface area contributed by atoms with Gasteiger partial charge in [-0.25, -0.2) is 4.79 Å². The molecule has 0 aliphatic rings. The van der Waals surface area contributed by atoms with Gasteiger partial charge in [0.2, 0.25) is 5.91 Å². The van der Waals surface area contributed by atoms with E-state index in [1.165, 1.54) is 19.2 Å². The summed E-state index contributed by atoms with van der Waals surface area (Å²) in [6, 6.07) is 4.26. The molecule has 6 N–H and O–H groups in total. The highest BCUT2D eigenvalue weighted by molar-refractivity contribution is 7.52. The zero-order valence-corrected chi connectivity index (χ0v) is 20.4. The van der Waals surface area contributed by atoms with E-state index in [9.17, 15) is 29.0 Å². The maximum atomic E-state index is 12.9. The Labute approximate surface area is 194 Å². The number of phenolic OH excluding ortho intramolecular Hbond substituents is 1. The maximum absolute atomic E-state index is 12.9. The maximum Gasteiger partial charge on any atom is 0.342 e. The van der Waals surface area contributed by atoms with Gasteiger partial charge in [-0.15, -0.1) is 5.06 Å². The van der Waals surface area contributed by atoms with E-state index in [1.807, 2.05) is 13.8 Å². The third kappa shape index (κ3) is 10.2. The summed E-state index contributed by atoms with van der Waals surface area (Å²) in [7, 11) is -3.07. The summed E-state index contributed by atoms with van der Waals surface area (Å²) in [5, 5.41) is 24.9. The van der Waals surface area contributed by atoms with Crippen LogP contribution in [0.2, 0.25) is 0 Å². The molecule has 188 valence electrons. The van der Waals surface area contributed by atoms with Gasteiger partial charge in [0, 0.05) is 20.0 Å². The average Bonchev–Trinajstić information content (AvgIpc) is 2.73. The van der Waals surface area contributed by atoms with Crippen LogP contribution < -0.4 is 10.6 Å². The van der Waals surface area contributed by atoms with E-state index in [-0.39, 0.29) is 44.1 Å². The number of carbonyl (C=O) groups is 2. The summed E-state index contributed by atoms with van der Waals surface area (Å²) in [5.74, 6) is -2.38. The molecule has 1 amide bonds. The van der Waals surface area contributed by atoms with Gasteiger partial charge in [0.15, 0.2) is 0 Å². The second kappa shape index (κ2) is 13.6. The van der Waals surface area contributed by atoms with E-state index >= 15 is 0 Å². The molecule has 0 bridgehead atoms. The number of aliphatic hydroxyl groups is 1. The highest BCUT2D eigenvalue weighted by Gasteiger charge is 2.35. The molecule has 33 heavy (non-hydrogen) atoms. The fourth-order valence-electron chi connectivity index (χ4n) is 3.20. The molecule has 1 aromatic rings. The van der Waals surface area contributed by atoms with Crippen LogP contribution in [0.5, 0.6) is 5.75 Å². The van der Waals surface area contributed by atoms with Crippen LogP contribution in [0.1, 0.15) is 39.2 Å². The Balaban J connectivity index is 3.04. The van der Waals surface area contributed by atoms with Gasteiger partial charge in [0.05, 0.1) is 6.61 Å². The minimum atomic E-state index is -4.49. The number of amides is 1. The second-order valence-electron chi connectivity index (χ2n) is 8.22. The number of hydrogen-bond donors (Lipinski definition) is 6. The molecule has 0 aromatic heterocycles. The van der Waals surface area contributed by atoms with Gasteiger partial charge < -0.3 is 30.2 Å². The number of aromatic hydroxyl groups is 1. The number of hydroxylamine groups is 2. The number of likely N-dealkylation sites (N-methyl/N-ethyl adjacent to an activating group) is 1. The lowest BCUT2D eigenvalue weighted by Gasteiger charge is -2.30. The van der Waals surface area contributed by atoms with Crippen molar-refractivity contribution in [2.75, 3.05) is 20.2 Å². The van der Waals surface area contributed by atoms with Crippen molar-refractivity contribution in [2.45, 2.75) is 57.9 Å². The highest BCUT2D eigenvalue weighted by atomic mass is 31.2. The van der Waals surface area contributed by atoms with Crippen molar-refractivity contribution in [1.82, 2.24) is 15.7 Å². The zero-order chi connectivity index (χ0) is 25.2. The van der Waals surface area contributed by atoms with Crippen LogP contribution in [0.3, 0.4) is 0 Å². The minimum absolute atomic E-state index is 0.0185. The van der Waals surface area contributed by atoms with E-state index in [0.29, 0.717) is 5.56 Å². The smallest absolute Gasteiger partial charge is 0.342 e. The van der Waals surface area contributed by atoms with Crippen molar-refractivity contribution in [3.8, 4) is 5.75 Å². The molecule has 0 heterocycles. The Kier molecular flexibility index (Phi) is 12.0. The molecule has 0 radical (unpaired) electrons. The third-order valence-electron chi connectivity index (χ3n) is 4.93. The third-order valence-corrected chi connectivity index (χ3v) is 6.26. The summed E-state index contributed by atoms with van der Waals surface area (Å²) in [6.45, 7) is 5.08. The van der Waals surface area contributed by atoms with Crippen LogP contribution in [-0.2, 0) is 25.4 Å². The first kappa shape index (κ1) is 29.0. The molecule has 0 aliphatic heterocycles.